The topological polar surface area (TPSA) is 30.2 Å². The molecule has 0 amide bonds. The van der Waals surface area contributed by atoms with Crippen LogP contribution in [0.15, 0.2) is 11.1 Å². The molecule has 7 heteroatoms. The lowest BCUT2D eigenvalue weighted by atomic mass is 9.98. The third kappa shape index (κ3) is 3.04. The summed E-state index contributed by atoms with van der Waals surface area (Å²) in [4.78, 5) is 8.85. The Hall–Kier alpha value is -1.56. The van der Waals surface area contributed by atoms with Crippen LogP contribution in [-0.2, 0) is 12.7 Å². The van der Waals surface area contributed by atoms with Gasteiger partial charge in [0.05, 0.1) is 21.6 Å². The minimum atomic E-state index is -4.53. The fourth-order valence-electron chi connectivity index (χ4n) is 3.29. The van der Waals surface area contributed by atoms with Crippen molar-refractivity contribution in [3.63, 3.8) is 0 Å². The molecule has 0 saturated heterocycles. The van der Waals surface area contributed by atoms with E-state index in [1.807, 2.05) is 11.5 Å². The molecule has 0 bridgehead atoms. The molecule has 0 spiro atoms. The molecule has 3 nitrogen and oxygen atoms in total. The van der Waals surface area contributed by atoms with Crippen LogP contribution in [0.1, 0.15) is 50.4 Å². The average Bonchev–Trinajstić information content (AvgIpc) is 2.85. The van der Waals surface area contributed by atoms with Gasteiger partial charge in [-0.3, -0.25) is 4.99 Å². The van der Waals surface area contributed by atoms with E-state index >= 15 is 0 Å². The highest BCUT2D eigenvalue weighted by molar-refractivity contribution is 6.35. The Morgan fingerprint density at radius 1 is 1.25 bits per heavy atom. The molecule has 0 aliphatic heterocycles. The van der Waals surface area contributed by atoms with Crippen molar-refractivity contribution in [3.05, 3.63) is 22.5 Å². The van der Waals surface area contributed by atoms with Crippen LogP contribution >= 0.6 is 11.6 Å². The van der Waals surface area contributed by atoms with E-state index in [0.29, 0.717) is 23.4 Å². The first-order valence-electron chi connectivity index (χ1n) is 8.16. The molecule has 2 aromatic rings. The second kappa shape index (κ2) is 6.39. The molecular weight excluding hydrogens is 339 g/mol. The molecular formula is C17H19ClF3N3. The number of nitrogens with zero attached hydrogens (tertiary/aromatic N) is 3. The van der Waals surface area contributed by atoms with Gasteiger partial charge in [0.1, 0.15) is 11.5 Å². The summed E-state index contributed by atoms with van der Waals surface area (Å²) < 4.78 is 41.9. The van der Waals surface area contributed by atoms with Gasteiger partial charge in [-0.2, -0.15) is 13.2 Å². The van der Waals surface area contributed by atoms with Crippen LogP contribution in [0, 0.1) is 6.92 Å². The molecule has 0 atom stereocenters. The van der Waals surface area contributed by atoms with Crippen molar-refractivity contribution >= 4 is 34.0 Å². The number of fused-ring (bicyclic) bond motifs is 1. The summed E-state index contributed by atoms with van der Waals surface area (Å²) in [6.45, 7) is 4.31. The van der Waals surface area contributed by atoms with Gasteiger partial charge in [-0.25, -0.2) is 4.98 Å². The molecule has 1 aromatic heterocycles. The first kappa shape index (κ1) is 17.3. The minimum absolute atomic E-state index is 0.209. The second-order valence-corrected chi connectivity index (χ2v) is 6.47. The third-order valence-corrected chi connectivity index (χ3v) is 4.84. The second-order valence-electron chi connectivity index (χ2n) is 6.09. The van der Waals surface area contributed by atoms with E-state index in [4.69, 9.17) is 11.6 Å². The first-order valence-corrected chi connectivity index (χ1v) is 8.53. The summed E-state index contributed by atoms with van der Waals surface area (Å²) in [7, 11) is 0. The van der Waals surface area contributed by atoms with Crippen LogP contribution in [0.25, 0.3) is 11.0 Å². The summed E-state index contributed by atoms with van der Waals surface area (Å²) in [5, 5.41) is -0.331. The lowest BCUT2D eigenvalue weighted by molar-refractivity contribution is -0.137. The monoisotopic (exact) mass is 357 g/mol. The van der Waals surface area contributed by atoms with Crippen molar-refractivity contribution in [2.24, 2.45) is 4.99 Å². The fraction of sp³-hybridized carbons (Fsp3) is 0.529. The van der Waals surface area contributed by atoms with Gasteiger partial charge >= 0.3 is 6.18 Å². The molecule has 0 radical (unpaired) electrons. The van der Waals surface area contributed by atoms with Gasteiger partial charge in [0.2, 0.25) is 0 Å². The number of halogens is 4. The maximum Gasteiger partial charge on any atom is 0.418 e. The average molecular weight is 358 g/mol. The van der Waals surface area contributed by atoms with Crippen molar-refractivity contribution in [2.45, 2.75) is 58.7 Å². The standard InChI is InChI=1S/C17H19ClF3N3/c1-3-24-10(2)22-13-9-12(17(19,20)21)14(18)15(16(13)24)23-11-7-5-4-6-8-11/h9H,3-8H2,1-2H3. The maximum atomic E-state index is 13.4. The van der Waals surface area contributed by atoms with Crippen LogP contribution < -0.4 is 0 Å². The number of aryl methyl sites for hydroxylation is 2. The Morgan fingerprint density at radius 2 is 1.92 bits per heavy atom. The smallest absolute Gasteiger partial charge is 0.327 e. The Bertz CT molecular complexity index is 798. The van der Waals surface area contributed by atoms with E-state index in [2.05, 4.69) is 9.98 Å². The van der Waals surface area contributed by atoms with E-state index in [0.717, 1.165) is 43.9 Å². The molecule has 1 aromatic carbocycles. The summed E-state index contributed by atoms with van der Waals surface area (Å²) in [5.41, 5.74) is 1.14. The van der Waals surface area contributed by atoms with Gasteiger partial charge < -0.3 is 4.57 Å². The molecule has 1 heterocycles. The SMILES string of the molecule is CCn1c(C)nc2cc(C(F)(F)F)c(Cl)c(N=C3CCCCC3)c21. The van der Waals surface area contributed by atoms with E-state index in [1.165, 1.54) is 0 Å². The van der Waals surface area contributed by atoms with Crippen LogP contribution in [0.2, 0.25) is 5.02 Å². The van der Waals surface area contributed by atoms with E-state index in [1.54, 1.807) is 6.92 Å². The third-order valence-electron chi connectivity index (χ3n) is 4.46. The van der Waals surface area contributed by atoms with Crippen molar-refractivity contribution in [3.8, 4) is 0 Å². The highest BCUT2D eigenvalue weighted by Crippen LogP contribution is 2.44. The molecule has 1 saturated carbocycles. The molecule has 1 aliphatic rings. The number of benzene rings is 1. The predicted octanol–water partition coefficient (Wildman–Crippen LogP) is 6.07. The zero-order valence-electron chi connectivity index (χ0n) is 13.7. The summed E-state index contributed by atoms with van der Waals surface area (Å²) in [6.07, 6.45) is 0.267. The van der Waals surface area contributed by atoms with Crippen molar-refractivity contribution in [1.82, 2.24) is 9.55 Å². The molecule has 3 rings (SSSR count). The Morgan fingerprint density at radius 3 is 2.50 bits per heavy atom. The Labute approximate surface area is 143 Å². The number of rotatable bonds is 2. The predicted molar refractivity (Wildman–Crippen MR) is 90.3 cm³/mol. The lowest BCUT2D eigenvalue weighted by Crippen LogP contribution is -2.08. The van der Waals surface area contributed by atoms with Gasteiger partial charge in [-0.05, 0) is 45.6 Å². The minimum Gasteiger partial charge on any atom is -0.327 e. The highest BCUT2D eigenvalue weighted by atomic mass is 35.5. The number of imidazole rings is 1. The van der Waals surface area contributed by atoms with E-state index in [-0.39, 0.29) is 10.7 Å². The van der Waals surface area contributed by atoms with Gasteiger partial charge in [0.15, 0.2) is 0 Å². The molecule has 1 fully saturated rings. The number of hydrogen-bond acceptors (Lipinski definition) is 2. The molecule has 1 aliphatic carbocycles. The number of hydrogen-bond donors (Lipinski definition) is 0. The molecule has 130 valence electrons. The summed E-state index contributed by atoms with van der Waals surface area (Å²) in [6, 6.07) is 1.03. The lowest BCUT2D eigenvalue weighted by Gasteiger charge is -2.16. The van der Waals surface area contributed by atoms with Gasteiger partial charge in [-0.1, -0.05) is 18.0 Å². The Balaban J connectivity index is 2.32. The van der Waals surface area contributed by atoms with Crippen LogP contribution in [0.5, 0.6) is 0 Å². The zero-order chi connectivity index (χ0) is 17.5. The van der Waals surface area contributed by atoms with Crippen molar-refractivity contribution in [2.75, 3.05) is 0 Å². The maximum absolute atomic E-state index is 13.4. The Kier molecular flexibility index (Phi) is 4.60. The molecule has 0 unspecified atom stereocenters. The van der Waals surface area contributed by atoms with Crippen LogP contribution in [0.3, 0.4) is 0 Å². The quantitative estimate of drug-likeness (QED) is 0.641. The zero-order valence-corrected chi connectivity index (χ0v) is 14.4. The van der Waals surface area contributed by atoms with Crippen LogP contribution in [0.4, 0.5) is 18.9 Å². The van der Waals surface area contributed by atoms with Gasteiger partial charge in [0, 0.05) is 12.3 Å². The molecule has 0 N–H and O–H groups in total. The molecule has 24 heavy (non-hydrogen) atoms. The van der Waals surface area contributed by atoms with Crippen molar-refractivity contribution < 1.29 is 13.2 Å². The normalized spacial score (nSPS) is 16.0. The number of aliphatic imine (C=N–C) groups is 1. The van der Waals surface area contributed by atoms with Gasteiger partial charge in [-0.15, -0.1) is 0 Å². The van der Waals surface area contributed by atoms with Gasteiger partial charge in [0.25, 0.3) is 0 Å². The number of alkyl halides is 3. The fourth-order valence-corrected chi connectivity index (χ4v) is 3.59. The highest BCUT2D eigenvalue weighted by Gasteiger charge is 2.36. The summed E-state index contributed by atoms with van der Waals surface area (Å²) in [5.74, 6) is 0.660. The first-order chi connectivity index (χ1) is 11.3. The largest absolute Gasteiger partial charge is 0.418 e. The summed E-state index contributed by atoms with van der Waals surface area (Å²) >= 11 is 6.16. The van der Waals surface area contributed by atoms with Crippen molar-refractivity contribution in [1.29, 1.82) is 0 Å². The van der Waals surface area contributed by atoms with E-state index in [9.17, 15) is 13.2 Å². The van der Waals surface area contributed by atoms with Crippen LogP contribution in [-0.4, -0.2) is 15.3 Å². The number of aromatic nitrogens is 2. The van der Waals surface area contributed by atoms with E-state index < -0.39 is 11.7 Å².